The van der Waals surface area contributed by atoms with Gasteiger partial charge in [-0.05, 0) is 0 Å². The van der Waals surface area contributed by atoms with E-state index in [1.54, 1.807) is 0 Å². The Morgan fingerprint density at radius 3 is 2.50 bits per heavy atom. The summed E-state index contributed by atoms with van der Waals surface area (Å²) in [7, 11) is 0. The SMILES string of the molecule is [2H]C([2H])CCCCC. The lowest BCUT2D eigenvalue weighted by atomic mass is 10.2. The summed E-state index contributed by atoms with van der Waals surface area (Å²) in [5.41, 5.74) is 0. The maximum absolute atomic E-state index is 6.82. The molecule has 0 amide bonds. The van der Waals surface area contributed by atoms with E-state index in [2.05, 4.69) is 6.92 Å². The van der Waals surface area contributed by atoms with Crippen LogP contribution in [0.4, 0.5) is 0 Å². The van der Waals surface area contributed by atoms with Gasteiger partial charge in [0.05, 0.1) is 0 Å². The molecule has 0 fully saturated rings. The fraction of sp³-hybridized carbons (Fsp3) is 1.00. The van der Waals surface area contributed by atoms with Crippen molar-refractivity contribution in [3.8, 4) is 0 Å². The standard InChI is InChI=1S/C6H14/c1-3-5-6-4-2/h3-6H2,1-2H3/i1D2. The van der Waals surface area contributed by atoms with Gasteiger partial charge in [-0.1, -0.05) is 39.5 Å². The number of hydrogen-bond acceptors (Lipinski definition) is 0. The molecule has 0 rings (SSSR count). The Kier molecular flexibility index (Phi) is 2.55. The van der Waals surface area contributed by atoms with E-state index >= 15 is 0 Å². The van der Waals surface area contributed by atoms with E-state index in [4.69, 9.17) is 2.74 Å². The first-order valence-corrected chi connectivity index (χ1v) is 2.62. The Bertz CT molecular complexity index is 43.8. The average Bonchev–Trinajstić information content (AvgIpc) is 1.66. The zero-order valence-electron chi connectivity index (χ0n) is 6.41. The number of unbranched alkanes of at least 4 members (excludes halogenated alkanes) is 2. The lowest BCUT2D eigenvalue weighted by Crippen LogP contribution is -1.66. The van der Waals surface area contributed by atoms with Crippen LogP contribution in [-0.2, 0) is 0 Å². The molecule has 0 aliphatic rings. The molecule has 0 atom stereocenters. The van der Waals surface area contributed by atoms with Crippen molar-refractivity contribution in [2.45, 2.75) is 39.5 Å². The van der Waals surface area contributed by atoms with E-state index in [1.165, 1.54) is 12.8 Å². The molecule has 0 saturated carbocycles. The van der Waals surface area contributed by atoms with Gasteiger partial charge in [0.2, 0.25) is 0 Å². The normalized spacial score (nSPS) is 14.3. The molecule has 0 aromatic heterocycles. The fourth-order valence-electron chi connectivity index (χ4n) is 0.394. The predicted molar refractivity (Wildman–Crippen MR) is 29.8 cm³/mol. The van der Waals surface area contributed by atoms with Gasteiger partial charge >= 0.3 is 0 Å². The summed E-state index contributed by atoms with van der Waals surface area (Å²) in [5, 5.41) is 0. The molecule has 0 nitrogen and oxygen atoms in total. The molecule has 0 N–H and O–H groups in total. The van der Waals surface area contributed by atoms with E-state index in [0.717, 1.165) is 12.8 Å². The second-order valence-corrected chi connectivity index (χ2v) is 1.50. The summed E-state index contributed by atoms with van der Waals surface area (Å²) < 4.78 is 13.6. The van der Waals surface area contributed by atoms with Crippen LogP contribution in [0.5, 0.6) is 0 Å². The van der Waals surface area contributed by atoms with Gasteiger partial charge in [-0.2, -0.15) is 0 Å². The van der Waals surface area contributed by atoms with Crippen LogP contribution in [-0.4, -0.2) is 0 Å². The lowest BCUT2D eigenvalue weighted by Gasteiger charge is -1.86. The minimum atomic E-state index is -0.596. The molecule has 0 aromatic carbocycles. The number of hydrogen-bond donors (Lipinski definition) is 0. The highest BCUT2D eigenvalue weighted by molar-refractivity contribution is 4.31. The first-order valence-electron chi connectivity index (χ1n) is 3.77. The van der Waals surface area contributed by atoms with Crippen molar-refractivity contribution in [3.05, 3.63) is 0 Å². The van der Waals surface area contributed by atoms with Gasteiger partial charge in [0, 0.05) is 2.74 Å². The van der Waals surface area contributed by atoms with Crippen molar-refractivity contribution >= 4 is 0 Å². The Morgan fingerprint density at radius 2 is 2.00 bits per heavy atom. The van der Waals surface area contributed by atoms with Crippen LogP contribution >= 0.6 is 0 Å². The maximum atomic E-state index is 6.82. The fourth-order valence-corrected chi connectivity index (χ4v) is 0.394. The minimum Gasteiger partial charge on any atom is -0.0654 e. The molecule has 0 aromatic rings. The summed E-state index contributed by atoms with van der Waals surface area (Å²) in [5.74, 6) is 0. The van der Waals surface area contributed by atoms with Gasteiger partial charge in [0.15, 0.2) is 0 Å². The lowest BCUT2D eigenvalue weighted by molar-refractivity contribution is 0.702. The summed E-state index contributed by atoms with van der Waals surface area (Å²) in [6.45, 7) is 1.53. The third-order valence-corrected chi connectivity index (χ3v) is 0.808. The second kappa shape index (κ2) is 5.00. The van der Waals surface area contributed by atoms with Gasteiger partial charge in [-0.3, -0.25) is 0 Å². The third kappa shape index (κ3) is 4.00. The summed E-state index contributed by atoms with van der Waals surface area (Å²) in [4.78, 5) is 0. The molecule has 0 aliphatic carbocycles. The third-order valence-electron chi connectivity index (χ3n) is 0.808. The predicted octanol–water partition coefficient (Wildman–Crippen LogP) is 2.59. The van der Waals surface area contributed by atoms with E-state index in [9.17, 15) is 0 Å². The molecular weight excluding hydrogens is 72.1 g/mol. The molecule has 6 heavy (non-hydrogen) atoms. The quantitative estimate of drug-likeness (QED) is 0.465. The van der Waals surface area contributed by atoms with Gasteiger partial charge in [0.1, 0.15) is 0 Å². The Balaban J connectivity index is 2.72. The van der Waals surface area contributed by atoms with Gasteiger partial charge < -0.3 is 0 Å². The van der Waals surface area contributed by atoms with Crippen molar-refractivity contribution in [2.24, 2.45) is 0 Å². The summed E-state index contributed by atoms with van der Waals surface area (Å²) >= 11 is 0. The summed E-state index contributed by atoms with van der Waals surface area (Å²) in [6.07, 6.45) is 4.16. The van der Waals surface area contributed by atoms with E-state index in [-0.39, 0.29) is 0 Å². The first-order chi connectivity index (χ1) is 3.77. The van der Waals surface area contributed by atoms with Crippen LogP contribution in [0, 0.1) is 0 Å². The molecule has 0 unspecified atom stereocenters. The topological polar surface area (TPSA) is 0 Å². The molecule has 0 saturated heterocycles. The Morgan fingerprint density at radius 1 is 1.33 bits per heavy atom. The highest BCUT2D eigenvalue weighted by atomic mass is 13.8. The van der Waals surface area contributed by atoms with Crippen molar-refractivity contribution in [1.29, 1.82) is 0 Å². The van der Waals surface area contributed by atoms with Crippen molar-refractivity contribution < 1.29 is 2.74 Å². The van der Waals surface area contributed by atoms with Crippen LogP contribution in [0.15, 0.2) is 0 Å². The highest BCUT2D eigenvalue weighted by Gasteiger charge is 1.75. The Hall–Kier alpha value is 0. The second-order valence-electron chi connectivity index (χ2n) is 1.50. The van der Waals surface area contributed by atoms with Crippen LogP contribution in [0.25, 0.3) is 0 Å². The zero-order valence-corrected chi connectivity index (χ0v) is 4.41. The average molecular weight is 88.2 g/mol. The molecular formula is C6H14. The molecule has 0 heteroatoms. The molecule has 0 heterocycles. The number of rotatable bonds is 3. The largest absolute Gasteiger partial charge is 0.0654 e. The monoisotopic (exact) mass is 88.1 g/mol. The Labute approximate surface area is 43.4 Å². The van der Waals surface area contributed by atoms with Gasteiger partial charge in [-0.15, -0.1) is 0 Å². The van der Waals surface area contributed by atoms with Crippen LogP contribution in [0.2, 0.25) is 0 Å². The van der Waals surface area contributed by atoms with Gasteiger partial charge in [0.25, 0.3) is 0 Å². The highest BCUT2D eigenvalue weighted by Crippen LogP contribution is 1.95. The molecule has 0 spiro atoms. The van der Waals surface area contributed by atoms with Crippen LogP contribution in [0.3, 0.4) is 0 Å². The van der Waals surface area contributed by atoms with Crippen molar-refractivity contribution in [3.63, 3.8) is 0 Å². The summed E-state index contributed by atoms with van der Waals surface area (Å²) in [6, 6.07) is 0. The molecule has 38 valence electrons. The molecule has 0 aliphatic heterocycles. The van der Waals surface area contributed by atoms with E-state index in [1.807, 2.05) is 0 Å². The maximum Gasteiger partial charge on any atom is 0.0230 e. The van der Waals surface area contributed by atoms with Crippen molar-refractivity contribution in [1.82, 2.24) is 0 Å². The smallest absolute Gasteiger partial charge is 0.0230 e. The molecule has 0 bridgehead atoms. The van der Waals surface area contributed by atoms with Crippen LogP contribution in [0.1, 0.15) is 42.2 Å². The van der Waals surface area contributed by atoms with Crippen molar-refractivity contribution in [2.75, 3.05) is 0 Å². The van der Waals surface area contributed by atoms with E-state index < -0.39 is 6.88 Å². The first kappa shape index (κ1) is 3.06. The molecule has 0 radical (unpaired) electrons. The van der Waals surface area contributed by atoms with Crippen LogP contribution < -0.4 is 0 Å². The van der Waals surface area contributed by atoms with E-state index in [0.29, 0.717) is 0 Å². The minimum absolute atomic E-state index is 0.596. The zero-order chi connectivity index (χ0) is 6.41. The van der Waals surface area contributed by atoms with Gasteiger partial charge in [-0.25, -0.2) is 0 Å².